The summed E-state index contributed by atoms with van der Waals surface area (Å²) in [6, 6.07) is 20.0. The molecule has 0 aliphatic rings. The number of hydrogen-bond acceptors (Lipinski definition) is 5. The van der Waals surface area contributed by atoms with Crippen molar-refractivity contribution in [2.45, 2.75) is 17.8 Å². The Balaban J connectivity index is 1.52. The first-order valence-electron chi connectivity index (χ1n) is 8.96. The van der Waals surface area contributed by atoms with E-state index in [9.17, 15) is 0 Å². The van der Waals surface area contributed by atoms with Gasteiger partial charge in [0.05, 0.1) is 6.20 Å². The zero-order valence-corrected chi connectivity index (χ0v) is 16.6. The Kier molecular flexibility index (Phi) is 5.39. The molecule has 0 saturated heterocycles. The maximum absolute atomic E-state index is 6.00. The number of para-hydroxylation sites is 1. The molecule has 0 aliphatic carbocycles. The van der Waals surface area contributed by atoms with Crippen LogP contribution in [-0.4, -0.2) is 19.7 Å². The van der Waals surface area contributed by atoms with Crippen molar-refractivity contribution < 1.29 is 4.74 Å². The van der Waals surface area contributed by atoms with Gasteiger partial charge in [0.1, 0.15) is 11.5 Å². The van der Waals surface area contributed by atoms with Gasteiger partial charge >= 0.3 is 0 Å². The highest BCUT2D eigenvalue weighted by Gasteiger charge is 2.14. The van der Waals surface area contributed by atoms with Crippen LogP contribution in [0.2, 0.25) is 0 Å². The Morgan fingerprint density at radius 3 is 2.61 bits per heavy atom. The minimum absolute atomic E-state index is 0.723. The quantitative estimate of drug-likeness (QED) is 0.421. The molecule has 28 heavy (non-hydrogen) atoms. The van der Waals surface area contributed by atoms with Gasteiger partial charge in [-0.3, -0.25) is 4.98 Å². The number of benzene rings is 2. The number of rotatable bonds is 6. The van der Waals surface area contributed by atoms with Gasteiger partial charge in [-0.15, -0.1) is 10.2 Å². The summed E-state index contributed by atoms with van der Waals surface area (Å²) in [6.07, 6.45) is 3.44. The molecular formula is C22H20N4OS. The summed E-state index contributed by atoms with van der Waals surface area (Å²) in [7, 11) is 2.00. The minimum atomic E-state index is 0.723. The van der Waals surface area contributed by atoms with Crippen LogP contribution in [0.5, 0.6) is 11.5 Å². The third-order valence-corrected chi connectivity index (χ3v) is 5.48. The molecule has 2 aromatic carbocycles. The van der Waals surface area contributed by atoms with Crippen molar-refractivity contribution in [3.05, 3.63) is 84.2 Å². The topological polar surface area (TPSA) is 52.8 Å². The predicted molar refractivity (Wildman–Crippen MR) is 111 cm³/mol. The summed E-state index contributed by atoms with van der Waals surface area (Å²) in [4.78, 5) is 4.10. The molecule has 2 heterocycles. The molecule has 0 radical (unpaired) electrons. The second kappa shape index (κ2) is 8.27. The Morgan fingerprint density at radius 2 is 1.79 bits per heavy atom. The van der Waals surface area contributed by atoms with Crippen LogP contribution in [-0.2, 0) is 12.8 Å². The Bertz CT molecular complexity index is 1080. The third kappa shape index (κ3) is 3.92. The van der Waals surface area contributed by atoms with Crippen molar-refractivity contribution in [3.63, 3.8) is 0 Å². The lowest BCUT2D eigenvalue weighted by atomic mass is 10.1. The molecule has 4 aromatic rings. The highest BCUT2D eigenvalue weighted by molar-refractivity contribution is 7.98. The van der Waals surface area contributed by atoms with Crippen LogP contribution in [0.1, 0.15) is 11.1 Å². The SMILES string of the molecule is Cc1ccccc1-c1nnc(SCc2ccccc2Oc2cccnc2)n1C. The molecule has 0 amide bonds. The normalized spacial score (nSPS) is 10.8. The van der Waals surface area contributed by atoms with Crippen molar-refractivity contribution in [3.8, 4) is 22.9 Å². The molecule has 0 unspecified atom stereocenters. The van der Waals surface area contributed by atoms with Gasteiger partial charge in [0, 0.05) is 30.1 Å². The summed E-state index contributed by atoms with van der Waals surface area (Å²) in [5, 5.41) is 9.66. The second-order valence-corrected chi connectivity index (χ2v) is 7.31. The fourth-order valence-electron chi connectivity index (χ4n) is 2.90. The third-order valence-electron chi connectivity index (χ3n) is 4.41. The van der Waals surface area contributed by atoms with Gasteiger partial charge in [-0.1, -0.05) is 54.2 Å². The fraction of sp³-hybridized carbons (Fsp3) is 0.136. The fourth-order valence-corrected chi connectivity index (χ4v) is 3.80. The van der Waals surface area contributed by atoms with Crippen LogP contribution in [0.3, 0.4) is 0 Å². The number of pyridine rings is 1. The molecule has 2 aromatic heterocycles. The van der Waals surface area contributed by atoms with Crippen LogP contribution in [0.25, 0.3) is 11.4 Å². The smallest absolute Gasteiger partial charge is 0.191 e. The average Bonchev–Trinajstić information content (AvgIpc) is 3.09. The average molecular weight is 388 g/mol. The molecule has 0 bridgehead atoms. The van der Waals surface area contributed by atoms with Crippen LogP contribution in [0.15, 0.2) is 78.2 Å². The van der Waals surface area contributed by atoms with E-state index < -0.39 is 0 Å². The van der Waals surface area contributed by atoms with Crippen LogP contribution in [0.4, 0.5) is 0 Å². The van der Waals surface area contributed by atoms with Crippen LogP contribution >= 0.6 is 11.8 Å². The minimum Gasteiger partial charge on any atom is -0.455 e. The predicted octanol–water partition coefficient (Wildman–Crippen LogP) is 5.27. The van der Waals surface area contributed by atoms with Crippen molar-refractivity contribution in [2.75, 3.05) is 0 Å². The van der Waals surface area contributed by atoms with E-state index in [4.69, 9.17) is 4.74 Å². The summed E-state index contributed by atoms with van der Waals surface area (Å²) >= 11 is 1.64. The standard InChI is InChI=1S/C22H20N4OS/c1-16-8-3-5-11-19(16)21-24-25-22(26(21)2)28-15-17-9-4-6-12-20(17)27-18-10-7-13-23-14-18/h3-14H,15H2,1-2H3. The van der Waals surface area contributed by atoms with Crippen molar-refractivity contribution in [2.24, 2.45) is 7.05 Å². The summed E-state index contributed by atoms with van der Waals surface area (Å²) < 4.78 is 8.04. The van der Waals surface area contributed by atoms with Gasteiger partial charge in [-0.2, -0.15) is 0 Å². The molecule has 0 spiro atoms. The summed E-state index contributed by atoms with van der Waals surface area (Å²) in [6.45, 7) is 2.09. The van der Waals surface area contributed by atoms with Gasteiger partial charge in [-0.25, -0.2) is 0 Å². The largest absolute Gasteiger partial charge is 0.455 e. The number of aryl methyl sites for hydroxylation is 1. The Labute approximate surface area is 168 Å². The molecule has 140 valence electrons. The molecule has 0 N–H and O–H groups in total. The lowest BCUT2D eigenvalue weighted by Gasteiger charge is -2.10. The molecular weight excluding hydrogens is 368 g/mol. The zero-order valence-electron chi connectivity index (χ0n) is 15.7. The molecule has 0 atom stereocenters. The first-order valence-corrected chi connectivity index (χ1v) is 9.95. The lowest BCUT2D eigenvalue weighted by molar-refractivity contribution is 0.476. The summed E-state index contributed by atoms with van der Waals surface area (Å²) in [5.74, 6) is 3.15. The van der Waals surface area contributed by atoms with Crippen molar-refractivity contribution in [1.82, 2.24) is 19.7 Å². The summed E-state index contributed by atoms with van der Waals surface area (Å²) in [5.41, 5.74) is 3.38. The molecule has 4 rings (SSSR count). The number of thioether (sulfide) groups is 1. The van der Waals surface area contributed by atoms with E-state index in [1.165, 1.54) is 5.56 Å². The molecule has 0 aliphatic heterocycles. The Morgan fingerprint density at radius 1 is 0.964 bits per heavy atom. The maximum atomic E-state index is 6.00. The monoisotopic (exact) mass is 388 g/mol. The number of hydrogen-bond donors (Lipinski definition) is 0. The first-order chi connectivity index (χ1) is 13.7. The van der Waals surface area contributed by atoms with E-state index in [-0.39, 0.29) is 0 Å². The van der Waals surface area contributed by atoms with Gasteiger partial charge < -0.3 is 9.30 Å². The van der Waals surface area contributed by atoms with Crippen LogP contribution < -0.4 is 4.74 Å². The number of aromatic nitrogens is 4. The van der Waals surface area contributed by atoms with E-state index in [0.29, 0.717) is 0 Å². The zero-order chi connectivity index (χ0) is 19.3. The van der Waals surface area contributed by atoms with Gasteiger partial charge in [-0.05, 0) is 30.7 Å². The molecule has 0 fully saturated rings. The van der Waals surface area contributed by atoms with E-state index in [2.05, 4.69) is 40.3 Å². The van der Waals surface area contributed by atoms with Crippen molar-refractivity contribution in [1.29, 1.82) is 0 Å². The van der Waals surface area contributed by atoms with E-state index in [0.717, 1.165) is 39.4 Å². The van der Waals surface area contributed by atoms with Gasteiger partial charge in [0.25, 0.3) is 0 Å². The Hall–Kier alpha value is -3.12. The molecule has 5 nitrogen and oxygen atoms in total. The number of ether oxygens (including phenoxy) is 1. The van der Waals surface area contributed by atoms with Crippen molar-refractivity contribution >= 4 is 11.8 Å². The van der Waals surface area contributed by atoms with Gasteiger partial charge in [0.2, 0.25) is 0 Å². The van der Waals surface area contributed by atoms with Gasteiger partial charge in [0.15, 0.2) is 11.0 Å². The van der Waals surface area contributed by atoms with E-state index in [1.807, 2.05) is 54.1 Å². The van der Waals surface area contributed by atoms with E-state index in [1.54, 1.807) is 24.2 Å². The first kappa shape index (κ1) is 18.3. The second-order valence-electron chi connectivity index (χ2n) is 6.37. The molecule has 0 saturated carbocycles. The maximum Gasteiger partial charge on any atom is 0.191 e. The number of nitrogens with zero attached hydrogens (tertiary/aromatic N) is 4. The highest BCUT2D eigenvalue weighted by atomic mass is 32.2. The van der Waals surface area contributed by atoms with E-state index >= 15 is 0 Å². The highest BCUT2D eigenvalue weighted by Crippen LogP contribution is 2.31. The van der Waals surface area contributed by atoms with Crippen LogP contribution in [0, 0.1) is 6.92 Å². The molecule has 6 heteroatoms. The lowest BCUT2D eigenvalue weighted by Crippen LogP contribution is -1.97.